The summed E-state index contributed by atoms with van der Waals surface area (Å²) >= 11 is 6.49. The van der Waals surface area contributed by atoms with Crippen LogP contribution in [0.5, 0.6) is 0 Å². The van der Waals surface area contributed by atoms with Gasteiger partial charge in [0.15, 0.2) is 0 Å². The summed E-state index contributed by atoms with van der Waals surface area (Å²) in [5.41, 5.74) is 2.44. The van der Waals surface area contributed by atoms with Gasteiger partial charge >= 0.3 is 0 Å². The van der Waals surface area contributed by atoms with Crippen molar-refractivity contribution in [1.29, 1.82) is 0 Å². The first kappa shape index (κ1) is 17.5. The van der Waals surface area contributed by atoms with Crippen LogP contribution in [0.1, 0.15) is 58.3 Å². The number of halogens is 1. The van der Waals surface area contributed by atoms with E-state index in [-0.39, 0.29) is 5.41 Å². The second kappa shape index (κ2) is 8.04. The lowest BCUT2D eigenvalue weighted by atomic mass is 9.81. The molecule has 116 valence electrons. The third kappa shape index (κ3) is 4.49. The standard InChI is InChI=1S/C16H30ClN3/c1-6-9-16(4,12-18-10-7-2)11-14-15(17)13(8-3)19-20(14)5/h18H,6-12H2,1-5H3. The lowest BCUT2D eigenvalue weighted by Crippen LogP contribution is -2.34. The van der Waals surface area contributed by atoms with Crippen LogP contribution in [0.25, 0.3) is 0 Å². The molecule has 1 atom stereocenters. The van der Waals surface area contributed by atoms with Crippen LogP contribution in [0.2, 0.25) is 5.02 Å². The maximum Gasteiger partial charge on any atom is 0.0849 e. The summed E-state index contributed by atoms with van der Waals surface area (Å²) in [4.78, 5) is 0. The molecule has 0 bridgehead atoms. The van der Waals surface area contributed by atoms with Crippen molar-refractivity contribution in [3.63, 3.8) is 0 Å². The monoisotopic (exact) mass is 299 g/mol. The zero-order chi connectivity index (χ0) is 15.2. The van der Waals surface area contributed by atoms with Crippen molar-refractivity contribution in [3.05, 3.63) is 16.4 Å². The van der Waals surface area contributed by atoms with Crippen LogP contribution in [0.3, 0.4) is 0 Å². The normalized spacial score (nSPS) is 14.5. The van der Waals surface area contributed by atoms with E-state index in [0.717, 1.165) is 36.6 Å². The second-order valence-corrected chi connectivity index (χ2v) is 6.48. The summed E-state index contributed by atoms with van der Waals surface area (Å²) in [5, 5.41) is 8.97. The number of aromatic nitrogens is 2. The van der Waals surface area contributed by atoms with E-state index in [2.05, 4.69) is 38.1 Å². The summed E-state index contributed by atoms with van der Waals surface area (Å²) in [7, 11) is 2.01. The van der Waals surface area contributed by atoms with Crippen molar-refractivity contribution in [3.8, 4) is 0 Å². The predicted octanol–water partition coefficient (Wildman–Crippen LogP) is 3.98. The van der Waals surface area contributed by atoms with E-state index in [1.165, 1.54) is 25.0 Å². The quantitative estimate of drug-likeness (QED) is 0.699. The van der Waals surface area contributed by atoms with Crippen LogP contribution < -0.4 is 5.32 Å². The Balaban J connectivity index is 2.86. The zero-order valence-corrected chi connectivity index (χ0v) is 14.5. The summed E-state index contributed by atoms with van der Waals surface area (Å²) in [6.07, 6.45) is 5.45. The fraction of sp³-hybridized carbons (Fsp3) is 0.812. The molecule has 1 aromatic rings. The largest absolute Gasteiger partial charge is 0.316 e. The van der Waals surface area contributed by atoms with Gasteiger partial charge in [-0.05, 0) is 37.6 Å². The number of hydrogen-bond acceptors (Lipinski definition) is 2. The van der Waals surface area contributed by atoms with Crippen LogP contribution in [0.4, 0.5) is 0 Å². The Morgan fingerprint density at radius 1 is 1.25 bits per heavy atom. The van der Waals surface area contributed by atoms with Crippen LogP contribution in [-0.2, 0) is 19.9 Å². The minimum Gasteiger partial charge on any atom is -0.316 e. The van der Waals surface area contributed by atoms with E-state index in [0.29, 0.717) is 0 Å². The molecule has 1 rings (SSSR count). The molecule has 0 radical (unpaired) electrons. The molecule has 1 unspecified atom stereocenters. The number of nitrogens with one attached hydrogen (secondary N) is 1. The van der Waals surface area contributed by atoms with Gasteiger partial charge in [0.05, 0.1) is 16.4 Å². The van der Waals surface area contributed by atoms with Crippen LogP contribution >= 0.6 is 11.6 Å². The number of nitrogens with zero attached hydrogens (tertiary/aromatic N) is 2. The number of rotatable bonds is 9. The Morgan fingerprint density at radius 3 is 2.45 bits per heavy atom. The average Bonchev–Trinajstić information content (AvgIpc) is 2.67. The second-order valence-electron chi connectivity index (χ2n) is 6.10. The van der Waals surface area contributed by atoms with E-state index < -0.39 is 0 Å². The molecule has 3 nitrogen and oxygen atoms in total. The molecule has 20 heavy (non-hydrogen) atoms. The van der Waals surface area contributed by atoms with Gasteiger partial charge in [0.25, 0.3) is 0 Å². The van der Waals surface area contributed by atoms with Crippen molar-refractivity contribution in [2.24, 2.45) is 12.5 Å². The highest BCUT2D eigenvalue weighted by molar-refractivity contribution is 6.31. The molecule has 0 aliphatic carbocycles. The molecule has 0 amide bonds. The van der Waals surface area contributed by atoms with E-state index >= 15 is 0 Å². The molecule has 0 aliphatic heterocycles. The molecule has 0 aromatic carbocycles. The lowest BCUT2D eigenvalue weighted by molar-refractivity contribution is 0.270. The van der Waals surface area contributed by atoms with E-state index in [1.54, 1.807) is 0 Å². The van der Waals surface area contributed by atoms with Crippen molar-refractivity contribution >= 4 is 11.6 Å². The van der Waals surface area contributed by atoms with Crippen molar-refractivity contribution in [2.45, 2.75) is 59.8 Å². The minimum absolute atomic E-state index is 0.242. The first-order valence-electron chi connectivity index (χ1n) is 7.88. The van der Waals surface area contributed by atoms with E-state index in [4.69, 9.17) is 11.6 Å². The smallest absolute Gasteiger partial charge is 0.0849 e. The highest BCUT2D eigenvalue weighted by Crippen LogP contribution is 2.32. The molecule has 1 aromatic heterocycles. The summed E-state index contributed by atoms with van der Waals surface area (Å²) in [5.74, 6) is 0. The van der Waals surface area contributed by atoms with Crippen molar-refractivity contribution in [1.82, 2.24) is 15.1 Å². The summed E-state index contributed by atoms with van der Waals surface area (Å²) < 4.78 is 1.97. The molecule has 4 heteroatoms. The van der Waals surface area contributed by atoms with Gasteiger partial charge in [-0.3, -0.25) is 4.68 Å². The van der Waals surface area contributed by atoms with Gasteiger partial charge in [-0.1, -0.05) is 45.7 Å². The lowest BCUT2D eigenvalue weighted by Gasteiger charge is -2.30. The Labute approximate surface area is 129 Å². The first-order valence-corrected chi connectivity index (χ1v) is 8.26. The molecule has 0 aliphatic rings. The Kier molecular flexibility index (Phi) is 7.04. The molecule has 0 spiro atoms. The minimum atomic E-state index is 0.242. The molecular formula is C16H30ClN3. The van der Waals surface area contributed by atoms with Crippen LogP contribution in [0.15, 0.2) is 0 Å². The van der Waals surface area contributed by atoms with Gasteiger partial charge < -0.3 is 5.32 Å². The fourth-order valence-electron chi connectivity index (χ4n) is 2.83. The summed E-state index contributed by atoms with van der Waals surface area (Å²) in [6, 6.07) is 0. The van der Waals surface area contributed by atoms with Gasteiger partial charge in [-0.25, -0.2) is 0 Å². The third-order valence-corrected chi connectivity index (χ3v) is 4.37. The fourth-order valence-corrected chi connectivity index (χ4v) is 3.19. The maximum atomic E-state index is 6.49. The topological polar surface area (TPSA) is 29.9 Å². The van der Waals surface area contributed by atoms with Gasteiger partial charge in [0.1, 0.15) is 0 Å². The SMILES string of the molecule is CCCNCC(C)(CCC)Cc1c(Cl)c(CC)nn1C. The number of hydrogen-bond donors (Lipinski definition) is 1. The Morgan fingerprint density at radius 2 is 1.95 bits per heavy atom. The van der Waals surface area contributed by atoms with Gasteiger partial charge in [0.2, 0.25) is 0 Å². The first-order chi connectivity index (χ1) is 9.47. The molecule has 0 fully saturated rings. The Bertz CT molecular complexity index is 414. The van der Waals surface area contributed by atoms with Crippen molar-refractivity contribution < 1.29 is 0 Å². The maximum absolute atomic E-state index is 6.49. The molecular weight excluding hydrogens is 270 g/mol. The van der Waals surface area contributed by atoms with Gasteiger partial charge in [-0.15, -0.1) is 0 Å². The van der Waals surface area contributed by atoms with Crippen LogP contribution in [-0.4, -0.2) is 22.9 Å². The molecule has 1 N–H and O–H groups in total. The van der Waals surface area contributed by atoms with Gasteiger partial charge in [0, 0.05) is 13.6 Å². The number of aryl methyl sites for hydroxylation is 2. The molecule has 0 saturated heterocycles. The van der Waals surface area contributed by atoms with E-state index in [9.17, 15) is 0 Å². The Hall–Kier alpha value is -0.540. The molecule has 0 saturated carbocycles. The van der Waals surface area contributed by atoms with Gasteiger partial charge in [-0.2, -0.15) is 5.10 Å². The zero-order valence-electron chi connectivity index (χ0n) is 13.7. The van der Waals surface area contributed by atoms with E-state index in [1.807, 2.05) is 11.7 Å². The molecule has 1 heterocycles. The predicted molar refractivity (Wildman–Crippen MR) is 87.5 cm³/mol. The van der Waals surface area contributed by atoms with Crippen molar-refractivity contribution in [2.75, 3.05) is 13.1 Å². The summed E-state index contributed by atoms with van der Waals surface area (Å²) in [6.45, 7) is 11.0. The highest BCUT2D eigenvalue weighted by Gasteiger charge is 2.27. The average molecular weight is 300 g/mol. The third-order valence-electron chi connectivity index (χ3n) is 3.93. The highest BCUT2D eigenvalue weighted by atomic mass is 35.5. The van der Waals surface area contributed by atoms with Crippen LogP contribution in [0, 0.1) is 5.41 Å².